The van der Waals surface area contributed by atoms with Crippen LogP contribution in [0, 0.1) is 0 Å². The molecule has 2 aliphatic rings. The smallest absolute Gasteiger partial charge is 0.409 e. The molecule has 0 spiro atoms. The van der Waals surface area contributed by atoms with Gasteiger partial charge in [0, 0.05) is 50.2 Å². The second-order valence-electron chi connectivity index (χ2n) is 8.21. The Morgan fingerprint density at radius 1 is 0.939 bits per heavy atom. The molecule has 1 aromatic carbocycles. The van der Waals surface area contributed by atoms with Crippen LogP contribution in [0.25, 0.3) is 22.2 Å². The number of anilines is 2. The van der Waals surface area contributed by atoms with Crippen LogP contribution in [0.5, 0.6) is 0 Å². The highest BCUT2D eigenvalue weighted by atomic mass is 16.6. The summed E-state index contributed by atoms with van der Waals surface area (Å²) in [4.78, 5) is 28.2. The Hall–Kier alpha value is -3.39. The first-order valence-electron chi connectivity index (χ1n) is 11.6. The van der Waals surface area contributed by atoms with Crippen LogP contribution in [-0.2, 0) is 9.47 Å². The summed E-state index contributed by atoms with van der Waals surface area (Å²) in [6.07, 6.45) is -0.242. The summed E-state index contributed by atoms with van der Waals surface area (Å²) in [6, 6.07) is 16.7. The van der Waals surface area contributed by atoms with Crippen LogP contribution in [0.2, 0.25) is 0 Å². The molecule has 172 valence electrons. The molecule has 0 radical (unpaired) electrons. The lowest BCUT2D eigenvalue weighted by Gasteiger charge is -2.34. The van der Waals surface area contributed by atoms with Crippen LogP contribution in [0.15, 0.2) is 48.5 Å². The number of piperazine rings is 1. The monoisotopic (exact) mass is 447 g/mol. The Morgan fingerprint density at radius 3 is 2.42 bits per heavy atom. The number of benzene rings is 1. The molecule has 33 heavy (non-hydrogen) atoms. The van der Waals surface area contributed by atoms with Gasteiger partial charge in [-0.2, -0.15) is 0 Å². The van der Waals surface area contributed by atoms with Crippen molar-refractivity contribution in [3.05, 3.63) is 48.5 Å². The molecule has 2 aromatic heterocycles. The van der Waals surface area contributed by atoms with Gasteiger partial charge in [-0.05, 0) is 30.7 Å². The standard InChI is InChI=1S/C25H29N5O3/c1-2-33-25(31)30-12-10-28(11-13-30)22-9-8-20-18-21(19-6-4-3-5-7-19)24(27-23(20)26-22)29-14-16-32-17-15-29/h3-9,18H,2,10-17H2,1H3. The van der Waals surface area contributed by atoms with Crippen LogP contribution in [0.4, 0.5) is 16.4 Å². The number of aromatic nitrogens is 2. The molecule has 5 rings (SSSR count). The van der Waals surface area contributed by atoms with Crippen molar-refractivity contribution >= 4 is 28.8 Å². The molecule has 0 bridgehead atoms. The molecule has 8 heteroatoms. The Balaban J connectivity index is 1.45. The molecule has 8 nitrogen and oxygen atoms in total. The molecular formula is C25H29N5O3. The Morgan fingerprint density at radius 2 is 1.70 bits per heavy atom. The van der Waals surface area contributed by atoms with Crippen molar-refractivity contribution in [2.75, 3.05) is 68.9 Å². The van der Waals surface area contributed by atoms with Gasteiger partial charge in [-0.1, -0.05) is 30.3 Å². The molecule has 2 fully saturated rings. The second kappa shape index (κ2) is 9.62. The van der Waals surface area contributed by atoms with E-state index < -0.39 is 0 Å². The number of amides is 1. The van der Waals surface area contributed by atoms with E-state index in [0.717, 1.165) is 60.0 Å². The molecule has 0 N–H and O–H groups in total. The van der Waals surface area contributed by atoms with Gasteiger partial charge < -0.3 is 24.2 Å². The van der Waals surface area contributed by atoms with Crippen molar-refractivity contribution in [3.8, 4) is 11.1 Å². The number of rotatable bonds is 4. The van der Waals surface area contributed by atoms with E-state index in [0.29, 0.717) is 32.9 Å². The number of fused-ring (bicyclic) bond motifs is 1. The molecule has 0 saturated carbocycles. The lowest BCUT2D eigenvalue weighted by atomic mass is 10.0. The van der Waals surface area contributed by atoms with Gasteiger partial charge in [0.25, 0.3) is 0 Å². The summed E-state index contributed by atoms with van der Waals surface area (Å²) < 4.78 is 10.7. The van der Waals surface area contributed by atoms with E-state index in [1.165, 1.54) is 0 Å². The maximum atomic E-state index is 12.0. The van der Waals surface area contributed by atoms with Crippen molar-refractivity contribution in [1.29, 1.82) is 0 Å². The number of hydrogen-bond donors (Lipinski definition) is 0. The van der Waals surface area contributed by atoms with Gasteiger partial charge in [0.05, 0.1) is 19.8 Å². The molecule has 2 aliphatic heterocycles. The summed E-state index contributed by atoms with van der Waals surface area (Å²) in [5.41, 5.74) is 3.00. The molecule has 2 saturated heterocycles. The minimum absolute atomic E-state index is 0.242. The normalized spacial score (nSPS) is 16.8. The molecular weight excluding hydrogens is 418 g/mol. The molecule has 0 unspecified atom stereocenters. The van der Waals surface area contributed by atoms with Gasteiger partial charge in [0.1, 0.15) is 11.6 Å². The summed E-state index contributed by atoms with van der Waals surface area (Å²) in [5.74, 6) is 1.84. The van der Waals surface area contributed by atoms with Crippen LogP contribution in [0.3, 0.4) is 0 Å². The predicted molar refractivity (Wildman–Crippen MR) is 129 cm³/mol. The Kier molecular flexibility index (Phi) is 6.26. The van der Waals surface area contributed by atoms with E-state index in [1.54, 1.807) is 4.90 Å². The summed E-state index contributed by atoms with van der Waals surface area (Å²) in [5, 5.41) is 1.01. The molecule has 0 atom stereocenters. The number of pyridine rings is 2. The van der Waals surface area contributed by atoms with Crippen LogP contribution in [-0.4, -0.2) is 80.1 Å². The molecule has 1 amide bonds. The van der Waals surface area contributed by atoms with Crippen LogP contribution in [0.1, 0.15) is 6.92 Å². The van der Waals surface area contributed by atoms with Crippen molar-refractivity contribution in [3.63, 3.8) is 0 Å². The van der Waals surface area contributed by atoms with Crippen molar-refractivity contribution < 1.29 is 14.3 Å². The maximum Gasteiger partial charge on any atom is 0.409 e. The summed E-state index contributed by atoms with van der Waals surface area (Å²) in [7, 11) is 0. The topological polar surface area (TPSA) is 71.0 Å². The third kappa shape index (κ3) is 4.57. The number of nitrogens with zero attached hydrogens (tertiary/aromatic N) is 5. The van der Waals surface area contributed by atoms with Crippen LogP contribution >= 0.6 is 0 Å². The van der Waals surface area contributed by atoms with Crippen LogP contribution < -0.4 is 9.80 Å². The highest BCUT2D eigenvalue weighted by Crippen LogP contribution is 2.33. The first-order chi connectivity index (χ1) is 16.2. The lowest BCUT2D eigenvalue weighted by Crippen LogP contribution is -2.49. The van der Waals surface area contributed by atoms with E-state index in [9.17, 15) is 4.79 Å². The Bertz CT molecular complexity index is 1110. The van der Waals surface area contributed by atoms with E-state index >= 15 is 0 Å². The predicted octanol–water partition coefficient (Wildman–Crippen LogP) is 3.41. The lowest BCUT2D eigenvalue weighted by molar-refractivity contribution is 0.105. The van der Waals surface area contributed by atoms with Gasteiger partial charge in [0.15, 0.2) is 5.65 Å². The first kappa shape index (κ1) is 21.5. The maximum absolute atomic E-state index is 12.0. The van der Waals surface area contributed by atoms with Gasteiger partial charge in [-0.3, -0.25) is 0 Å². The van der Waals surface area contributed by atoms with Crippen molar-refractivity contribution in [1.82, 2.24) is 14.9 Å². The number of ether oxygens (including phenoxy) is 2. The van der Waals surface area contributed by atoms with Gasteiger partial charge >= 0.3 is 6.09 Å². The second-order valence-corrected chi connectivity index (χ2v) is 8.21. The zero-order valence-electron chi connectivity index (χ0n) is 18.9. The third-order valence-corrected chi connectivity index (χ3v) is 6.17. The average Bonchev–Trinajstić information content (AvgIpc) is 2.89. The number of morpholine rings is 1. The zero-order valence-corrected chi connectivity index (χ0v) is 18.9. The van der Waals surface area contributed by atoms with Gasteiger partial charge in [0.2, 0.25) is 0 Å². The first-order valence-corrected chi connectivity index (χ1v) is 11.6. The van der Waals surface area contributed by atoms with E-state index in [2.05, 4.69) is 46.2 Å². The average molecular weight is 448 g/mol. The number of carbonyl (C=O) groups excluding carboxylic acids is 1. The number of hydrogen-bond acceptors (Lipinski definition) is 7. The minimum atomic E-state index is -0.242. The molecule has 0 aliphatic carbocycles. The van der Waals surface area contributed by atoms with E-state index in [4.69, 9.17) is 19.4 Å². The fourth-order valence-electron chi connectivity index (χ4n) is 4.39. The zero-order chi connectivity index (χ0) is 22.6. The van der Waals surface area contributed by atoms with E-state index in [-0.39, 0.29) is 6.09 Å². The van der Waals surface area contributed by atoms with Crippen molar-refractivity contribution in [2.24, 2.45) is 0 Å². The minimum Gasteiger partial charge on any atom is -0.450 e. The summed E-state index contributed by atoms with van der Waals surface area (Å²) in [6.45, 7) is 7.93. The fraction of sp³-hybridized carbons (Fsp3) is 0.400. The van der Waals surface area contributed by atoms with Crippen molar-refractivity contribution in [2.45, 2.75) is 6.92 Å². The molecule has 3 aromatic rings. The summed E-state index contributed by atoms with van der Waals surface area (Å²) >= 11 is 0. The Labute approximate surface area is 193 Å². The van der Waals surface area contributed by atoms with E-state index in [1.807, 2.05) is 19.1 Å². The molecule has 4 heterocycles. The fourth-order valence-corrected chi connectivity index (χ4v) is 4.39. The van der Waals surface area contributed by atoms with Gasteiger partial charge in [-0.25, -0.2) is 14.8 Å². The highest BCUT2D eigenvalue weighted by Gasteiger charge is 2.24. The third-order valence-electron chi connectivity index (χ3n) is 6.17. The largest absolute Gasteiger partial charge is 0.450 e. The quantitative estimate of drug-likeness (QED) is 0.607. The highest BCUT2D eigenvalue weighted by molar-refractivity contribution is 5.88. The number of carbonyl (C=O) groups is 1. The van der Waals surface area contributed by atoms with Gasteiger partial charge in [-0.15, -0.1) is 0 Å². The SMILES string of the molecule is CCOC(=O)N1CCN(c2ccc3cc(-c4ccccc4)c(N4CCOCC4)nc3n2)CC1.